The lowest BCUT2D eigenvalue weighted by Crippen LogP contribution is -2.37. The summed E-state index contributed by atoms with van der Waals surface area (Å²) in [6.07, 6.45) is -0.405. The van der Waals surface area contributed by atoms with Crippen molar-refractivity contribution in [2.24, 2.45) is 0 Å². The number of ether oxygens (including phenoxy) is 1. The molecule has 4 atom stereocenters. The maximum Gasteiger partial charge on any atom is 0.231 e. The molecule has 4 unspecified atom stereocenters. The number of aliphatic hydroxyl groups excluding tert-OH is 2. The minimum absolute atomic E-state index is 0.0368. The molecule has 0 fully saturated rings. The number of fused-ring (bicyclic) bond motifs is 1. The zero-order valence-electron chi connectivity index (χ0n) is 13.9. The largest absolute Gasteiger partial charge is 0.490 e. The molecule has 0 saturated heterocycles. The lowest BCUT2D eigenvalue weighted by Gasteiger charge is -2.19. The van der Waals surface area contributed by atoms with E-state index in [1.54, 1.807) is 6.92 Å². The van der Waals surface area contributed by atoms with Crippen LogP contribution in [0.25, 0.3) is 0 Å². The van der Waals surface area contributed by atoms with Crippen molar-refractivity contribution >= 4 is 11.6 Å². The van der Waals surface area contributed by atoms with Crippen molar-refractivity contribution in [2.45, 2.75) is 51.4 Å². The van der Waals surface area contributed by atoms with Crippen LogP contribution in [0.15, 0.2) is 18.2 Å². The average Bonchev–Trinajstić information content (AvgIpc) is 2.78. The topological polar surface area (TPSA) is 90.8 Å². The molecule has 128 valence electrons. The molecule has 1 aromatic rings. The zero-order valence-corrected chi connectivity index (χ0v) is 13.9. The standard InChI is InChI=1S/C17H26N2O4/c1-10(7-11(2)20)18-8-13(21)9-23-15-6-4-5-14-16(15)12(3)17(22)19-14/h4-6,10-13,18,20-21H,7-9H2,1-3H3,(H,19,22). The van der Waals surface area contributed by atoms with Crippen LogP contribution in [0, 0.1) is 0 Å². The second-order valence-corrected chi connectivity index (χ2v) is 6.29. The van der Waals surface area contributed by atoms with Gasteiger partial charge in [-0.2, -0.15) is 0 Å². The lowest BCUT2D eigenvalue weighted by atomic mass is 10.0. The first kappa shape index (κ1) is 17.7. The van der Waals surface area contributed by atoms with Crippen LogP contribution in [0.3, 0.4) is 0 Å². The minimum Gasteiger partial charge on any atom is -0.490 e. The average molecular weight is 322 g/mol. The van der Waals surface area contributed by atoms with E-state index in [2.05, 4.69) is 10.6 Å². The molecule has 6 nitrogen and oxygen atoms in total. The third kappa shape index (κ3) is 4.67. The highest BCUT2D eigenvalue weighted by Gasteiger charge is 2.29. The summed E-state index contributed by atoms with van der Waals surface area (Å²) in [5.41, 5.74) is 1.62. The summed E-state index contributed by atoms with van der Waals surface area (Å²) in [7, 11) is 0. The highest BCUT2D eigenvalue weighted by molar-refractivity contribution is 6.03. The Morgan fingerprint density at radius 1 is 1.35 bits per heavy atom. The predicted octanol–water partition coefficient (Wildman–Crippen LogP) is 1.23. The summed E-state index contributed by atoms with van der Waals surface area (Å²) in [6, 6.07) is 5.60. The van der Waals surface area contributed by atoms with Crippen molar-refractivity contribution in [3.05, 3.63) is 23.8 Å². The van der Waals surface area contributed by atoms with Gasteiger partial charge in [-0.3, -0.25) is 4.79 Å². The van der Waals surface area contributed by atoms with Gasteiger partial charge in [0.2, 0.25) is 5.91 Å². The van der Waals surface area contributed by atoms with Gasteiger partial charge >= 0.3 is 0 Å². The van der Waals surface area contributed by atoms with Gasteiger partial charge in [-0.1, -0.05) is 6.07 Å². The fraction of sp³-hybridized carbons (Fsp3) is 0.588. The Balaban J connectivity index is 1.85. The third-order valence-corrected chi connectivity index (χ3v) is 3.98. The van der Waals surface area contributed by atoms with Gasteiger partial charge in [0.1, 0.15) is 18.5 Å². The maximum absolute atomic E-state index is 11.7. The number of hydrogen-bond acceptors (Lipinski definition) is 5. The molecule has 4 N–H and O–H groups in total. The Morgan fingerprint density at radius 3 is 2.78 bits per heavy atom. The second-order valence-electron chi connectivity index (χ2n) is 6.29. The molecule has 23 heavy (non-hydrogen) atoms. The van der Waals surface area contributed by atoms with E-state index in [9.17, 15) is 15.0 Å². The molecule has 0 saturated carbocycles. The molecular weight excluding hydrogens is 296 g/mol. The van der Waals surface area contributed by atoms with Crippen LogP contribution in [-0.2, 0) is 4.79 Å². The van der Waals surface area contributed by atoms with Crippen molar-refractivity contribution in [2.75, 3.05) is 18.5 Å². The third-order valence-electron chi connectivity index (χ3n) is 3.98. The van der Waals surface area contributed by atoms with E-state index in [1.807, 2.05) is 32.0 Å². The zero-order chi connectivity index (χ0) is 17.0. The first-order chi connectivity index (χ1) is 10.9. The van der Waals surface area contributed by atoms with Gasteiger partial charge in [0, 0.05) is 23.8 Å². The van der Waals surface area contributed by atoms with Crippen LogP contribution < -0.4 is 15.4 Å². The number of nitrogens with one attached hydrogen (secondary N) is 2. The summed E-state index contributed by atoms with van der Waals surface area (Å²) in [5.74, 6) is 0.345. The highest BCUT2D eigenvalue weighted by Crippen LogP contribution is 2.38. The number of benzene rings is 1. The summed E-state index contributed by atoms with van der Waals surface area (Å²) < 4.78 is 5.71. The van der Waals surface area contributed by atoms with Crippen LogP contribution in [-0.4, -0.2) is 47.5 Å². The van der Waals surface area contributed by atoms with Gasteiger partial charge in [0.05, 0.1) is 12.0 Å². The Kier molecular flexibility index (Phi) is 5.98. The Bertz CT molecular complexity index is 547. The van der Waals surface area contributed by atoms with E-state index in [0.29, 0.717) is 18.7 Å². The van der Waals surface area contributed by atoms with Gasteiger partial charge in [-0.25, -0.2) is 0 Å². The minimum atomic E-state index is -0.664. The van der Waals surface area contributed by atoms with Crippen molar-refractivity contribution in [1.29, 1.82) is 0 Å². The molecule has 1 aliphatic heterocycles. The monoisotopic (exact) mass is 322 g/mol. The molecule has 0 aliphatic carbocycles. The van der Waals surface area contributed by atoms with Gasteiger partial charge in [-0.15, -0.1) is 0 Å². The van der Waals surface area contributed by atoms with E-state index in [0.717, 1.165) is 11.3 Å². The van der Waals surface area contributed by atoms with Crippen LogP contribution >= 0.6 is 0 Å². The smallest absolute Gasteiger partial charge is 0.231 e. The van der Waals surface area contributed by atoms with Crippen LogP contribution in [0.5, 0.6) is 5.75 Å². The van der Waals surface area contributed by atoms with Crippen molar-refractivity contribution in [3.8, 4) is 5.75 Å². The van der Waals surface area contributed by atoms with Crippen LogP contribution in [0.2, 0.25) is 0 Å². The van der Waals surface area contributed by atoms with E-state index < -0.39 is 6.10 Å². The molecule has 0 bridgehead atoms. The summed E-state index contributed by atoms with van der Waals surface area (Å²) in [5, 5.41) is 25.3. The molecule has 2 rings (SSSR count). The molecule has 0 radical (unpaired) electrons. The maximum atomic E-state index is 11.7. The summed E-state index contributed by atoms with van der Waals surface area (Å²) >= 11 is 0. The second kappa shape index (κ2) is 7.77. The van der Waals surface area contributed by atoms with Crippen molar-refractivity contribution < 1.29 is 19.7 Å². The molecule has 0 aromatic heterocycles. The SMILES string of the molecule is CC(O)CC(C)NCC(O)COc1cccc2c1C(C)C(=O)N2. The van der Waals surface area contributed by atoms with Crippen LogP contribution in [0.1, 0.15) is 38.7 Å². The van der Waals surface area contributed by atoms with Gasteiger partial charge < -0.3 is 25.6 Å². The van der Waals surface area contributed by atoms with E-state index >= 15 is 0 Å². The van der Waals surface area contributed by atoms with E-state index in [-0.39, 0.29) is 30.6 Å². The molecule has 1 aliphatic rings. The van der Waals surface area contributed by atoms with Gasteiger partial charge in [0.15, 0.2) is 0 Å². The number of amides is 1. The molecule has 6 heteroatoms. The molecular formula is C17H26N2O4. The van der Waals surface area contributed by atoms with Crippen molar-refractivity contribution in [1.82, 2.24) is 5.32 Å². The van der Waals surface area contributed by atoms with Gasteiger partial charge in [-0.05, 0) is 39.3 Å². The lowest BCUT2D eigenvalue weighted by molar-refractivity contribution is -0.116. The van der Waals surface area contributed by atoms with Crippen LogP contribution in [0.4, 0.5) is 5.69 Å². The molecule has 1 heterocycles. The Labute approximate surface area is 136 Å². The molecule has 0 spiro atoms. The quantitative estimate of drug-likeness (QED) is 0.578. The first-order valence-electron chi connectivity index (χ1n) is 8.04. The van der Waals surface area contributed by atoms with E-state index in [4.69, 9.17) is 4.74 Å². The Morgan fingerprint density at radius 2 is 2.09 bits per heavy atom. The number of aliphatic hydroxyl groups is 2. The summed E-state index contributed by atoms with van der Waals surface area (Å²) in [4.78, 5) is 11.7. The number of rotatable bonds is 8. The predicted molar refractivity (Wildman–Crippen MR) is 88.8 cm³/mol. The highest BCUT2D eigenvalue weighted by atomic mass is 16.5. The number of anilines is 1. The number of carbonyl (C=O) groups is 1. The fourth-order valence-electron chi connectivity index (χ4n) is 2.77. The summed E-state index contributed by atoms with van der Waals surface area (Å²) in [6.45, 7) is 6.07. The number of hydrogen-bond donors (Lipinski definition) is 4. The first-order valence-corrected chi connectivity index (χ1v) is 8.04. The van der Waals surface area contributed by atoms with Gasteiger partial charge in [0.25, 0.3) is 0 Å². The number of carbonyl (C=O) groups excluding carboxylic acids is 1. The van der Waals surface area contributed by atoms with Crippen molar-refractivity contribution in [3.63, 3.8) is 0 Å². The normalized spacial score (nSPS) is 20.6. The molecule has 1 aromatic carbocycles. The molecule has 1 amide bonds. The van der Waals surface area contributed by atoms with E-state index in [1.165, 1.54) is 0 Å². The fourth-order valence-corrected chi connectivity index (χ4v) is 2.77. The Hall–Kier alpha value is -1.63.